The summed E-state index contributed by atoms with van der Waals surface area (Å²) in [6.45, 7) is 2.07. The van der Waals surface area contributed by atoms with Gasteiger partial charge in [-0.3, -0.25) is 0 Å². The standard InChI is InChI=1S/C15H15FO2/c1-11-4-2-7-14(8-11)18-10-15(17)12-5-3-6-13(16)9-12/h2-9,15,17H,10H2,1H3. The Bertz CT molecular complexity index is 525. The molecular formula is C15H15FO2. The summed E-state index contributed by atoms with van der Waals surface area (Å²) in [6, 6.07) is 13.5. The second-order valence-corrected chi connectivity index (χ2v) is 4.20. The summed E-state index contributed by atoms with van der Waals surface area (Å²) in [4.78, 5) is 0. The maximum absolute atomic E-state index is 13.0. The quantitative estimate of drug-likeness (QED) is 0.897. The lowest BCUT2D eigenvalue weighted by Crippen LogP contribution is -2.09. The van der Waals surface area contributed by atoms with E-state index < -0.39 is 6.10 Å². The van der Waals surface area contributed by atoms with E-state index in [9.17, 15) is 9.50 Å². The van der Waals surface area contributed by atoms with Crippen molar-refractivity contribution in [3.8, 4) is 5.75 Å². The van der Waals surface area contributed by atoms with Gasteiger partial charge in [-0.2, -0.15) is 0 Å². The van der Waals surface area contributed by atoms with Crippen LogP contribution in [0.25, 0.3) is 0 Å². The van der Waals surface area contributed by atoms with E-state index in [1.54, 1.807) is 12.1 Å². The van der Waals surface area contributed by atoms with Crippen LogP contribution in [0.4, 0.5) is 4.39 Å². The largest absolute Gasteiger partial charge is 0.491 e. The molecule has 0 aromatic heterocycles. The number of halogens is 1. The van der Waals surface area contributed by atoms with Crippen molar-refractivity contribution in [1.29, 1.82) is 0 Å². The Morgan fingerprint density at radius 2 is 1.94 bits per heavy atom. The maximum atomic E-state index is 13.0. The van der Waals surface area contributed by atoms with Crippen molar-refractivity contribution in [3.63, 3.8) is 0 Å². The van der Waals surface area contributed by atoms with E-state index in [0.717, 1.165) is 5.56 Å². The SMILES string of the molecule is Cc1cccc(OCC(O)c2cccc(F)c2)c1. The molecule has 2 nitrogen and oxygen atoms in total. The molecule has 2 rings (SSSR count). The molecule has 0 aliphatic rings. The van der Waals surface area contributed by atoms with Gasteiger partial charge in [0.25, 0.3) is 0 Å². The van der Waals surface area contributed by atoms with Crippen LogP contribution in [0.5, 0.6) is 5.75 Å². The zero-order valence-electron chi connectivity index (χ0n) is 10.1. The minimum Gasteiger partial charge on any atom is -0.491 e. The molecule has 1 unspecified atom stereocenters. The Hall–Kier alpha value is -1.87. The number of aryl methyl sites for hydroxylation is 1. The van der Waals surface area contributed by atoms with E-state index in [2.05, 4.69) is 0 Å². The van der Waals surface area contributed by atoms with Crippen LogP contribution in [0, 0.1) is 12.7 Å². The lowest BCUT2D eigenvalue weighted by molar-refractivity contribution is 0.108. The molecule has 0 amide bonds. The molecule has 1 N–H and O–H groups in total. The second-order valence-electron chi connectivity index (χ2n) is 4.20. The fraction of sp³-hybridized carbons (Fsp3) is 0.200. The summed E-state index contributed by atoms with van der Waals surface area (Å²) in [5.41, 5.74) is 1.61. The van der Waals surface area contributed by atoms with E-state index in [-0.39, 0.29) is 12.4 Å². The molecular weight excluding hydrogens is 231 g/mol. The van der Waals surface area contributed by atoms with Crippen LogP contribution in [0.2, 0.25) is 0 Å². The first kappa shape index (κ1) is 12.6. The van der Waals surface area contributed by atoms with Crippen LogP contribution in [0.1, 0.15) is 17.2 Å². The summed E-state index contributed by atoms with van der Waals surface area (Å²) < 4.78 is 18.5. The van der Waals surface area contributed by atoms with Gasteiger partial charge in [-0.15, -0.1) is 0 Å². The molecule has 18 heavy (non-hydrogen) atoms. The van der Waals surface area contributed by atoms with Gasteiger partial charge in [0.05, 0.1) is 0 Å². The van der Waals surface area contributed by atoms with Crippen molar-refractivity contribution in [2.24, 2.45) is 0 Å². The first-order valence-corrected chi connectivity index (χ1v) is 5.78. The predicted molar refractivity (Wildman–Crippen MR) is 68.0 cm³/mol. The fourth-order valence-electron chi connectivity index (χ4n) is 1.69. The van der Waals surface area contributed by atoms with E-state index in [4.69, 9.17) is 4.74 Å². The molecule has 0 radical (unpaired) electrons. The molecule has 94 valence electrons. The van der Waals surface area contributed by atoms with Gasteiger partial charge in [0.15, 0.2) is 0 Å². The van der Waals surface area contributed by atoms with Crippen LogP contribution < -0.4 is 4.74 Å². The van der Waals surface area contributed by atoms with Gasteiger partial charge in [-0.25, -0.2) is 4.39 Å². The third-order valence-corrected chi connectivity index (χ3v) is 2.63. The number of ether oxygens (including phenoxy) is 1. The summed E-state index contributed by atoms with van der Waals surface area (Å²) >= 11 is 0. The van der Waals surface area contributed by atoms with E-state index >= 15 is 0 Å². The lowest BCUT2D eigenvalue weighted by Gasteiger charge is -2.13. The summed E-state index contributed by atoms with van der Waals surface area (Å²) in [6.07, 6.45) is -0.832. The van der Waals surface area contributed by atoms with Crippen molar-refractivity contribution >= 4 is 0 Å². The average Bonchev–Trinajstić information content (AvgIpc) is 2.36. The Labute approximate surface area is 106 Å². The van der Waals surface area contributed by atoms with Gasteiger partial charge in [0, 0.05) is 0 Å². The first-order chi connectivity index (χ1) is 8.65. The van der Waals surface area contributed by atoms with Gasteiger partial charge in [0.2, 0.25) is 0 Å². The molecule has 0 fully saturated rings. The van der Waals surface area contributed by atoms with Crippen molar-refractivity contribution in [2.45, 2.75) is 13.0 Å². The van der Waals surface area contributed by atoms with Crippen molar-refractivity contribution in [2.75, 3.05) is 6.61 Å². The predicted octanol–water partition coefficient (Wildman–Crippen LogP) is 3.25. The molecule has 0 saturated carbocycles. The molecule has 3 heteroatoms. The highest BCUT2D eigenvalue weighted by atomic mass is 19.1. The summed E-state index contributed by atoms with van der Waals surface area (Å²) in [7, 11) is 0. The Morgan fingerprint density at radius 1 is 1.17 bits per heavy atom. The van der Waals surface area contributed by atoms with Gasteiger partial charge < -0.3 is 9.84 Å². The lowest BCUT2D eigenvalue weighted by atomic mass is 10.1. The molecule has 0 saturated heterocycles. The molecule has 2 aromatic carbocycles. The Kier molecular flexibility index (Phi) is 3.95. The highest BCUT2D eigenvalue weighted by Crippen LogP contribution is 2.17. The number of rotatable bonds is 4. The smallest absolute Gasteiger partial charge is 0.123 e. The van der Waals surface area contributed by atoms with E-state index in [1.807, 2.05) is 31.2 Å². The van der Waals surface area contributed by atoms with Crippen LogP contribution in [0.3, 0.4) is 0 Å². The van der Waals surface area contributed by atoms with Gasteiger partial charge in [-0.1, -0.05) is 24.3 Å². The zero-order valence-corrected chi connectivity index (χ0v) is 10.1. The van der Waals surface area contributed by atoms with Crippen molar-refractivity contribution in [1.82, 2.24) is 0 Å². The highest BCUT2D eigenvalue weighted by molar-refractivity contribution is 5.27. The third kappa shape index (κ3) is 3.31. The number of benzene rings is 2. The minimum absolute atomic E-state index is 0.104. The third-order valence-electron chi connectivity index (χ3n) is 2.63. The first-order valence-electron chi connectivity index (χ1n) is 5.78. The van der Waals surface area contributed by atoms with Gasteiger partial charge >= 0.3 is 0 Å². The molecule has 0 heterocycles. The number of hydrogen-bond donors (Lipinski definition) is 1. The molecule has 0 spiro atoms. The maximum Gasteiger partial charge on any atom is 0.123 e. The highest BCUT2D eigenvalue weighted by Gasteiger charge is 2.09. The van der Waals surface area contributed by atoms with E-state index in [1.165, 1.54) is 12.1 Å². The average molecular weight is 246 g/mol. The summed E-state index contributed by atoms with van der Waals surface area (Å²) in [5.74, 6) is 0.340. The normalized spacial score (nSPS) is 12.2. The van der Waals surface area contributed by atoms with Crippen molar-refractivity contribution in [3.05, 3.63) is 65.5 Å². The molecule has 0 aliphatic carbocycles. The van der Waals surface area contributed by atoms with Crippen LogP contribution >= 0.6 is 0 Å². The molecule has 0 aliphatic heterocycles. The number of aliphatic hydroxyl groups is 1. The minimum atomic E-state index is -0.832. The van der Waals surface area contributed by atoms with Crippen LogP contribution in [0.15, 0.2) is 48.5 Å². The topological polar surface area (TPSA) is 29.5 Å². The Balaban J connectivity index is 1.98. The fourth-order valence-corrected chi connectivity index (χ4v) is 1.69. The molecule has 0 bridgehead atoms. The van der Waals surface area contributed by atoms with Crippen LogP contribution in [-0.2, 0) is 0 Å². The van der Waals surface area contributed by atoms with Crippen LogP contribution in [-0.4, -0.2) is 11.7 Å². The molecule has 2 aromatic rings. The van der Waals surface area contributed by atoms with Gasteiger partial charge in [-0.05, 0) is 42.3 Å². The van der Waals surface area contributed by atoms with Crippen molar-refractivity contribution < 1.29 is 14.2 Å². The second kappa shape index (κ2) is 5.65. The summed E-state index contributed by atoms with van der Waals surface area (Å²) in [5, 5.41) is 9.88. The Morgan fingerprint density at radius 3 is 2.67 bits per heavy atom. The van der Waals surface area contributed by atoms with Gasteiger partial charge in [0.1, 0.15) is 24.3 Å². The number of aliphatic hydroxyl groups excluding tert-OH is 1. The number of hydrogen-bond acceptors (Lipinski definition) is 2. The van der Waals surface area contributed by atoms with E-state index in [0.29, 0.717) is 11.3 Å². The zero-order chi connectivity index (χ0) is 13.0. The monoisotopic (exact) mass is 246 g/mol. The molecule has 1 atom stereocenters.